The summed E-state index contributed by atoms with van der Waals surface area (Å²) in [4.78, 5) is 25.6. The van der Waals surface area contributed by atoms with Gasteiger partial charge in [-0.25, -0.2) is 4.98 Å². The average Bonchev–Trinajstić information content (AvgIpc) is 3.00. The molecule has 2 aliphatic heterocycles. The molecule has 6 heteroatoms. The second-order valence-electron chi connectivity index (χ2n) is 8.09. The fourth-order valence-electron chi connectivity index (χ4n) is 4.81. The largest absolute Gasteiger partial charge is 0.312 e. The number of hydrogen-bond donors (Lipinski definition) is 0. The maximum absolute atomic E-state index is 12.8. The molecule has 1 saturated heterocycles. The van der Waals surface area contributed by atoms with E-state index in [0.717, 1.165) is 48.0 Å². The molecule has 0 N–H and O–H groups in total. The Balaban J connectivity index is 1.46. The first-order valence-electron chi connectivity index (χ1n) is 9.87. The number of hydrogen-bond acceptors (Lipinski definition) is 5. The number of aromatic nitrogens is 3. The molecule has 5 heterocycles. The molecule has 0 radical (unpaired) electrons. The molecular weight excluding hydrogens is 368 g/mol. The summed E-state index contributed by atoms with van der Waals surface area (Å²) in [6.45, 7) is 8.05. The third-order valence-electron chi connectivity index (χ3n) is 5.99. The molecule has 5 rings (SSSR count). The Kier molecular flexibility index (Phi) is 4.40. The van der Waals surface area contributed by atoms with Crippen LogP contribution in [0.5, 0.6) is 0 Å². The highest BCUT2D eigenvalue weighted by atomic mass is 32.1. The Morgan fingerprint density at radius 1 is 1.18 bits per heavy atom. The molecule has 5 nitrogen and oxygen atoms in total. The molecule has 2 atom stereocenters. The van der Waals surface area contributed by atoms with Crippen molar-refractivity contribution in [2.24, 2.45) is 5.92 Å². The molecule has 0 amide bonds. The molecule has 0 unspecified atom stereocenters. The molecule has 3 aromatic rings. The van der Waals surface area contributed by atoms with E-state index >= 15 is 0 Å². The van der Waals surface area contributed by atoms with Crippen molar-refractivity contribution in [3.63, 3.8) is 0 Å². The van der Waals surface area contributed by atoms with Crippen molar-refractivity contribution >= 4 is 11.3 Å². The van der Waals surface area contributed by atoms with Crippen LogP contribution in [0.4, 0.5) is 0 Å². The number of likely N-dealkylation sites (tertiary alicyclic amines) is 1. The van der Waals surface area contributed by atoms with Gasteiger partial charge < -0.3 is 4.57 Å². The number of pyridine rings is 2. The fraction of sp³-hybridized carbons (Fsp3) is 0.409. The SMILES string of the molecule is Cc1nc(C)c(CN2C[C@@H]3C[C@H](C2)c2cc(-c4cccnc4)cc(=O)n2C3)s1. The molecule has 0 spiro atoms. The lowest BCUT2D eigenvalue weighted by molar-refractivity contribution is 0.115. The maximum Gasteiger partial charge on any atom is 0.251 e. The van der Waals surface area contributed by atoms with Gasteiger partial charge in [-0.15, -0.1) is 11.3 Å². The average molecular weight is 393 g/mol. The van der Waals surface area contributed by atoms with Crippen LogP contribution in [-0.4, -0.2) is 32.5 Å². The Bertz CT molecular complexity index is 1070. The van der Waals surface area contributed by atoms with Crippen molar-refractivity contribution in [2.75, 3.05) is 13.1 Å². The van der Waals surface area contributed by atoms with Crippen LogP contribution in [0.1, 0.15) is 33.6 Å². The van der Waals surface area contributed by atoms with E-state index in [2.05, 4.69) is 34.8 Å². The summed E-state index contributed by atoms with van der Waals surface area (Å²) in [6, 6.07) is 7.92. The lowest BCUT2D eigenvalue weighted by Gasteiger charge is -2.43. The molecule has 0 aliphatic carbocycles. The third kappa shape index (κ3) is 3.20. The number of aryl methyl sites for hydroxylation is 2. The molecule has 0 saturated carbocycles. The van der Waals surface area contributed by atoms with Crippen LogP contribution >= 0.6 is 11.3 Å². The van der Waals surface area contributed by atoms with Crippen molar-refractivity contribution in [3.8, 4) is 11.1 Å². The van der Waals surface area contributed by atoms with Crippen molar-refractivity contribution in [3.05, 3.63) is 68.3 Å². The van der Waals surface area contributed by atoms with E-state index in [0.29, 0.717) is 11.8 Å². The molecular formula is C22H24N4OS. The summed E-state index contributed by atoms with van der Waals surface area (Å²) in [5, 5.41) is 1.14. The fourth-order valence-corrected chi connectivity index (χ4v) is 5.79. The van der Waals surface area contributed by atoms with Gasteiger partial charge in [0.25, 0.3) is 5.56 Å². The van der Waals surface area contributed by atoms with Crippen molar-refractivity contribution in [1.82, 2.24) is 19.4 Å². The highest BCUT2D eigenvalue weighted by Crippen LogP contribution is 2.37. The van der Waals surface area contributed by atoms with Gasteiger partial charge in [-0.2, -0.15) is 0 Å². The minimum Gasteiger partial charge on any atom is -0.312 e. The number of thiazole rings is 1. The van der Waals surface area contributed by atoms with Crippen LogP contribution in [-0.2, 0) is 13.1 Å². The first-order valence-corrected chi connectivity index (χ1v) is 10.7. The smallest absolute Gasteiger partial charge is 0.251 e. The van der Waals surface area contributed by atoms with E-state index in [1.54, 1.807) is 12.3 Å². The second kappa shape index (κ2) is 6.94. The first-order chi connectivity index (χ1) is 13.6. The molecule has 1 fully saturated rings. The zero-order chi connectivity index (χ0) is 19.3. The maximum atomic E-state index is 12.8. The predicted octanol–water partition coefficient (Wildman–Crippen LogP) is 3.60. The highest BCUT2D eigenvalue weighted by Gasteiger charge is 2.35. The zero-order valence-corrected chi connectivity index (χ0v) is 17.1. The van der Waals surface area contributed by atoms with E-state index < -0.39 is 0 Å². The standard InChI is InChI=1S/C22H24N4OS/c1-14-21(28-15(2)24-14)13-25-10-16-6-19(12-25)20-7-18(8-22(27)26(20)11-16)17-4-3-5-23-9-17/h3-5,7-9,16,19H,6,10-13H2,1-2H3/t16-,19+/m0/s1. The van der Waals surface area contributed by atoms with Gasteiger partial charge in [-0.05, 0) is 43.9 Å². The Labute approximate surface area is 168 Å². The lowest BCUT2D eigenvalue weighted by atomic mass is 9.82. The number of piperidine rings is 1. The predicted molar refractivity (Wildman–Crippen MR) is 112 cm³/mol. The van der Waals surface area contributed by atoms with Crippen LogP contribution in [0.15, 0.2) is 41.5 Å². The van der Waals surface area contributed by atoms with E-state index in [9.17, 15) is 4.79 Å². The summed E-state index contributed by atoms with van der Waals surface area (Å²) in [5.41, 5.74) is 4.45. The van der Waals surface area contributed by atoms with Crippen molar-refractivity contribution < 1.29 is 0 Å². The van der Waals surface area contributed by atoms with Gasteiger partial charge in [0, 0.05) is 66.7 Å². The van der Waals surface area contributed by atoms with Crippen LogP contribution in [0.25, 0.3) is 11.1 Å². The zero-order valence-electron chi connectivity index (χ0n) is 16.3. The van der Waals surface area contributed by atoms with Gasteiger partial charge in [-0.3, -0.25) is 14.7 Å². The van der Waals surface area contributed by atoms with Gasteiger partial charge in [-0.1, -0.05) is 6.07 Å². The van der Waals surface area contributed by atoms with Crippen LogP contribution in [0.2, 0.25) is 0 Å². The second-order valence-corrected chi connectivity index (χ2v) is 9.38. The number of nitrogens with zero attached hydrogens (tertiary/aromatic N) is 4. The summed E-state index contributed by atoms with van der Waals surface area (Å²) in [5.74, 6) is 0.952. The van der Waals surface area contributed by atoms with Gasteiger partial charge in [0.1, 0.15) is 0 Å². The molecule has 3 aromatic heterocycles. The Morgan fingerprint density at radius 2 is 2.07 bits per heavy atom. The normalized spacial score (nSPS) is 21.5. The molecule has 28 heavy (non-hydrogen) atoms. The van der Waals surface area contributed by atoms with Gasteiger partial charge in [0.15, 0.2) is 0 Å². The highest BCUT2D eigenvalue weighted by molar-refractivity contribution is 7.11. The molecule has 0 aromatic carbocycles. The number of rotatable bonds is 3. The van der Waals surface area contributed by atoms with Gasteiger partial charge in [0.2, 0.25) is 0 Å². The summed E-state index contributed by atoms with van der Waals surface area (Å²) < 4.78 is 2.01. The monoisotopic (exact) mass is 392 g/mol. The molecule has 2 aliphatic rings. The minimum absolute atomic E-state index is 0.119. The Hall–Kier alpha value is -2.31. The lowest BCUT2D eigenvalue weighted by Crippen LogP contribution is -2.46. The van der Waals surface area contributed by atoms with E-state index in [1.807, 2.05) is 34.2 Å². The topological polar surface area (TPSA) is 51.0 Å². The van der Waals surface area contributed by atoms with Gasteiger partial charge >= 0.3 is 0 Å². The van der Waals surface area contributed by atoms with Crippen molar-refractivity contribution in [1.29, 1.82) is 0 Å². The van der Waals surface area contributed by atoms with E-state index in [4.69, 9.17) is 0 Å². The quantitative estimate of drug-likeness (QED) is 0.683. The first kappa shape index (κ1) is 17.8. The summed E-state index contributed by atoms with van der Waals surface area (Å²) in [7, 11) is 0. The molecule has 144 valence electrons. The van der Waals surface area contributed by atoms with Gasteiger partial charge in [0.05, 0.1) is 10.7 Å². The molecule has 2 bridgehead atoms. The summed E-state index contributed by atoms with van der Waals surface area (Å²) in [6.07, 6.45) is 4.77. The Morgan fingerprint density at radius 3 is 2.82 bits per heavy atom. The van der Waals surface area contributed by atoms with Crippen LogP contribution < -0.4 is 5.56 Å². The minimum atomic E-state index is 0.119. The van der Waals surface area contributed by atoms with E-state index in [-0.39, 0.29) is 5.56 Å². The van der Waals surface area contributed by atoms with Crippen LogP contribution in [0, 0.1) is 19.8 Å². The van der Waals surface area contributed by atoms with Crippen molar-refractivity contribution in [2.45, 2.75) is 39.3 Å². The summed E-state index contributed by atoms with van der Waals surface area (Å²) >= 11 is 1.81. The number of fused-ring (bicyclic) bond motifs is 4. The van der Waals surface area contributed by atoms with Crippen LogP contribution in [0.3, 0.4) is 0 Å². The third-order valence-corrected chi connectivity index (χ3v) is 7.05. The van der Waals surface area contributed by atoms with E-state index in [1.165, 1.54) is 17.0 Å².